The Morgan fingerprint density at radius 2 is 1.89 bits per heavy atom. The summed E-state index contributed by atoms with van der Waals surface area (Å²) < 4.78 is 14.4. The molecule has 0 aliphatic rings. The van der Waals surface area contributed by atoms with Gasteiger partial charge in [0.25, 0.3) is 0 Å². The number of aliphatic hydroxyl groups is 2. The summed E-state index contributed by atoms with van der Waals surface area (Å²) in [4.78, 5) is 10.3. The van der Waals surface area contributed by atoms with Crippen molar-refractivity contribution in [3.8, 4) is 0 Å². The molecule has 0 aliphatic heterocycles. The minimum absolute atomic E-state index is 0.746. The second-order valence-corrected chi connectivity index (χ2v) is 4.93. The Bertz CT molecular complexity index is 446. The fraction of sp³-hybridized carbons (Fsp3) is 0.308. The number of aliphatic hydroxyl groups excluding tert-OH is 2. The Hall–Kier alpha value is -1.24. The molecule has 1 aromatic rings. The molecule has 0 amide bonds. The zero-order valence-electron chi connectivity index (χ0n) is 9.91. The molecule has 3 atom stereocenters. The third-order valence-electron chi connectivity index (χ3n) is 2.43. The monoisotopic (exact) mass is 332 g/mol. The molecule has 0 spiro atoms. The number of aliphatic carboxylic acids is 1. The average Bonchev–Trinajstić information content (AvgIpc) is 2.36. The van der Waals surface area contributed by atoms with Gasteiger partial charge < -0.3 is 15.3 Å². The lowest BCUT2D eigenvalue weighted by Crippen LogP contribution is -2.34. The maximum Gasteiger partial charge on any atom is 0.306 e. The van der Waals surface area contributed by atoms with Crippen LogP contribution in [0.1, 0.15) is 12.0 Å². The van der Waals surface area contributed by atoms with Crippen molar-refractivity contribution in [2.45, 2.75) is 24.8 Å². The molecule has 3 N–H and O–H groups in total. The largest absolute Gasteiger partial charge is 0.481 e. The molecule has 4 nitrogen and oxygen atoms in total. The van der Waals surface area contributed by atoms with Gasteiger partial charge in [0, 0.05) is 4.47 Å². The van der Waals surface area contributed by atoms with Crippen molar-refractivity contribution in [2.24, 2.45) is 0 Å². The van der Waals surface area contributed by atoms with Gasteiger partial charge in [-0.1, -0.05) is 40.2 Å². The maximum atomic E-state index is 13.5. The molecule has 0 saturated heterocycles. The summed E-state index contributed by atoms with van der Waals surface area (Å²) in [6.07, 6.45) is -3.40. The van der Waals surface area contributed by atoms with Crippen LogP contribution in [0.4, 0.5) is 4.39 Å². The Kier molecular flexibility index (Phi) is 6.14. The van der Waals surface area contributed by atoms with Gasteiger partial charge in [-0.15, -0.1) is 0 Å². The highest BCUT2D eigenvalue weighted by Crippen LogP contribution is 2.14. The third-order valence-corrected chi connectivity index (χ3v) is 2.96. The molecule has 1 rings (SSSR count). The molecule has 0 radical (unpaired) electrons. The molecule has 104 valence electrons. The van der Waals surface area contributed by atoms with Crippen molar-refractivity contribution in [1.82, 2.24) is 0 Å². The lowest BCUT2D eigenvalue weighted by molar-refractivity contribution is -0.140. The fourth-order valence-corrected chi connectivity index (χ4v) is 1.67. The number of benzene rings is 1. The molecular formula is C13H14BrFO4. The summed E-state index contributed by atoms with van der Waals surface area (Å²) in [7, 11) is 0. The summed E-state index contributed by atoms with van der Waals surface area (Å²) in [5.74, 6) is -1.32. The van der Waals surface area contributed by atoms with Crippen LogP contribution >= 0.6 is 15.9 Å². The SMILES string of the molecule is O=C(O)CC(O)C(F)C(O)/C=C/c1ccc(Br)cc1. The molecule has 0 heterocycles. The average molecular weight is 333 g/mol. The molecule has 0 aliphatic carbocycles. The summed E-state index contributed by atoms with van der Waals surface area (Å²) in [6.45, 7) is 0. The Balaban J connectivity index is 2.60. The van der Waals surface area contributed by atoms with Crippen LogP contribution in [0.2, 0.25) is 0 Å². The lowest BCUT2D eigenvalue weighted by atomic mass is 10.1. The molecule has 3 unspecified atom stereocenters. The van der Waals surface area contributed by atoms with Crippen molar-refractivity contribution in [3.63, 3.8) is 0 Å². The van der Waals surface area contributed by atoms with Crippen LogP contribution < -0.4 is 0 Å². The first-order chi connectivity index (χ1) is 8.90. The van der Waals surface area contributed by atoms with E-state index in [1.165, 1.54) is 12.2 Å². The van der Waals surface area contributed by atoms with Gasteiger partial charge in [0.2, 0.25) is 0 Å². The van der Waals surface area contributed by atoms with Gasteiger partial charge in [0.1, 0.15) is 6.10 Å². The number of carboxylic acids is 1. The molecule has 1 aromatic carbocycles. The van der Waals surface area contributed by atoms with Crippen molar-refractivity contribution >= 4 is 28.0 Å². The lowest BCUT2D eigenvalue weighted by Gasteiger charge is -2.16. The van der Waals surface area contributed by atoms with Crippen molar-refractivity contribution < 1.29 is 24.5 Å². The van der Waals surface area contributed by atoms with Crippen LogP contribution in [0.25, 0.3) is 6.08 Å². The fourth-order valence-electron chi connectivity index (χ4n) is 1.41. The second-order valence-electron chi connectivity index (χ2n) is 4.01. The topological polar surface area (TPSA) is 77.8 Å². The zero-order chi connectivity index (χ0) is 14.4. The number of carboxylic acid groups (broad SMARTS) is 1. The molecule has 0 bridgehead atoms. The van der Waals surface area contributed by atoms with Gasteiger partial charge in [0.15, 0.2) is 6.17 Å². The van der Waals surface area contributed by atoms with Gasteiger partial charge in [-0.05, 0) is 17.7 Å². The van der Waals surface area contributed by atoms with Gasteiger partial charge in [0.05, 0.1) is 12.5 Å². The normalized spacial score (nSPS) is 16.2. The van der Waals surface area contributed by atoms with Crippen LogP contribution in [0, 0.1) is 0 Å². The van der Waals surface area contributed by atoms with E-state index in [0.717, 1.165) is 10.0 Å². The van der Waals surface area contributed by atoms with E-state index < -0.39 is 30.8 Å². The van der Waals surface area contributed by atoms with E-state index in [1.807, 2.05) is 0 Å². The molecule has 0 aromatic heterocycles. The number of hydrogen-bond acceptors (Lipinski definition) is 3. The highest BCUT2D eigenvalue weighted by Gasteiger charge is 2.26. The molecule has 19 heavy (non-hydrogen) atoms. The Morgan fingerprint density at radius 3 is 2.42 bits per heavy atom. The first kappa shape index (κ1) is 15.8. The second kappa shape index (κ2) is 7.37. The van der Waals surface area contributed by atoms with Crippen LogP contribution in [0.3, 0.4) is 0 Å². The van der Waals surface area contributed by atoms with Crippen LogP contribution in [0.15, 0.2) is 34.8 Å². The predicted octanol–water partition coefficient (Wildman–Crippen LogP) is 2.00. The molecule has 6 heteroatoms. The van der Waals surface area contributed by atoms with Crippen LogP contribution in [-0.2, 0) is 4.79 Å². The van der Waals surface area contributed by atoms with Gasteiger partial charge in [-0.2, -0.15) is 0 Å². The minimum atomic E-state index is -2.04. The standard InChI is InChI=1S/C13H14BrFO4/c14-9-4-1-8(2-5-9)3-6-10(16)13(15)11(17)7-12(18)19/h1-6,10-11,13,16-17H,7H2,(H,18,19)/b6-3+. The summed E-state index contributed by atoms with van der Waals surface area (Å²) in [5.41, 5.74) is 0.752. The maximum absolute atomic E-state index is 13.5. The van der Waals surface area contributed by atoms with E-state index in [4.69, 9.17) is 5.11 Å². The highest BCUT2D eigenvalue weighted by atomic mass is 79.9. The van der Waals surface area contributed by atoms with E-state index >= 15 is 0 Å². The van der Waals surface area contributed by atoms with Crippen LogP contribution in [-0.4, -0.2) is 39.7 Å². The number of carbonyl (C=O) groups is 1. The smallest absolute Gasteiger partial charge is 0.306 e. The molecular weight excluding hydrogens is 319 g/mol. The van der Waals surface area contributed by atoms with E-state index in [2.05, 4.69) is 15.9 Å². The van der Waals surface area contributed by atoms with Gasteiger partial charge in [-0.25, -0.2) is 4.39 Å². The minimum Gasteiger partial charge on any atom is -0.481 e. The van der Waals surface area contributed by atoms with Crippen LogP contribution in [0.5, 0.6) is 0 Å². The van der Waals surface area contributed by atoms with Gasteiger partial charge >= 0.3 is 5.97 Å². The predicted molar refractivity (Wildman–Crippen MR) is 72.3 cm³/mol. The van der Waals surface area contributed by atoms with Crippen molar-refractivity contribution in [2.75, 3.05) is 0 Å². The number of halogens is 2. The molecule has 0 saturated carbocycles. The zero-order valence-corrected chi connectivity index (χ0v) is 11.5. The van der Waals surface area contributed by atoms with E-state index in [-0.39, 0.29) is 0 Å². The highest BCUT2D eigenvalue weighted by molar-refractivity contribution is 9.10. The quantitative estimate of drug-likeness (QED) is 0.744. The molecule has 0 fully saturated rings. The van der Waals surface area contributed by atoms with E-state index in [0.29, 0.717) is 0 Å². The summed E-state index contributed by atoms with van der Waals surface area (Å²) in [5, 5.41) is 27.1. The number of alkyl halides is 1. The Morgan fingerprint density at radius 1 is 1.32 bits per heavy atom. The van der Waals surface area contributed by atoms with E-state index in [1.54, 1.807) is 24.3 Å². The Labute approximate surface area is 118 Å². The third kappa shape index (κ3) is 5.50. The van der Waals surface area contributed by atoms with Gasteiger partial charge in [-0.3, -0.25) is 4.79 Å². The first-order valence-corrected chi connectivity index (χ1v) is 6.35. The summed E-state index contributed by atoms with van der Waals surface area (Å²) in [6, 6.07) is 7.10. The van der Waals surface area contributed by atoms with E-state index in [9.17, 15) is 19.4 Å². The number of rotatable bonds is 6. The first-order valence-electron chi connectivity index (χ1n) is 5.56. The summed E-state index contributed by atoms with van der Waals surface area (Å²) >= 11 is 3.27. The van der Waals surface area contributed by atoms with Crippen molar-refractivity contribution in [3.05, 3.63) is 40.4 Å². The van der Waals surface area contributed by atoms with Crippen molar-refractivity contribution in [1.29, 1.82) is 0 Å². The number of hydrogen-bond donors (Lipinski definition) is 3.